The van der Waals surface area contributed by atoms with Crippen LogP contribution >= 0.6 is 0 Å². The molecule has 0 spiro atoms. The largest absolute Gasteiger partial charge is 0.668 e. The van der Waals surface area contributed by atoms with E-state index in [4.69, 9.17) is 24.3 Å². The summed E-state index contributed by atoms with van der Waals surface area (Å²) in [6.07, 6.45) is -15.5. The van der Waals surface area contributed by atoms with Crippen molar-refractivity contribution >= 4 is 9.05 Å². The summed E-state index contributed by atoms with van der Waals surface area (Å²) in [5.41, 5.74) is 0. The molecule has 94 valence electrons. The second kappa shape index (κ2) is 5.09. The molecule has 0 amide bonds. The molecule has 0 saturated heterocycles. The van der Waals surface area contributed by atoms with Crippen LogP contribution in [0.15, 0.2) is 0 Å². The van der Waals surface area contributed by atoms with Crippen molar-refractivity contribution in [2.75, 3.05) is 0 Å². The van der Waals surface area contributed by atoms with Crippen LogP contribution in [0.2, 0.25) is 0 Å². The van der Waals surface area contributed by atoms with Gasteiger partial charge in [-0.05, 0) is 0 Å². The van der Waals surface area contributed by atoms with Crippen LogP contribution in [-0.4, -0.2) is 51.8 Å². The Morgan fingerprint density at radius 1 is 0.733 bits per heavy atom. The summed E-state index contributed by atoms with van der Waals surface area (Å²) in [7, 11) is -4.61. The van der Waals surface area contributed by atoms with Gasteiger partial charge in [0.15, 0.2) is 0 Å². The maximum absolute atomic E-state index is 11.0. The Morgan fingerprint density at radius 2 is 0.867 bits per heavy atom. The van der Waals surface area contributed by atoms with Gasteiger partial charge in [-0.15, -0.1) is 0 Å². The van der Waals surface area contributed by atoms with Gasteiger partial charge >= 0.3 is 21.4 Å². The lowest BCUT2D eigenvalue weighted by Gasteiger charge is -2.16. The molecule has 0 unspecified atom stereocenters. The first-order chi connectivity index (χ1) is 6.15. The Labute approximate surface area is 79.3 Å². The van der Waals surface area contributed by atoms with E-state index in [0.29, 0.717) is 0 Å². The predicted molar refractivity (Wildman–Crippen MR) is 32.7 cm³/mol. The average molecular weight is 264 g/mol. The maximum Gasteiger partial charge on any atom is 0.668 e. The smallest absolute Gasteiger partial charge is 0.377 e. The van der Waals surface area contributed by atoms with E-state index in [1.807, 2.05) is 0 Å². The van der Waals surface area contributed by atoms with Crippen LogP contribution in [-0.2, 0) is 0 Å². The molecule has 0 atom stereocenters. The second-order valence-electron chi connectivity index (χ2n) is 2.09. The highest BCUT2D eigenvalue weighted by Gasteiger charge is 2.55. The minimum atomic E-state index is -5.63. The fourth-order valence-electron chi connectivity index (χ4n) is 0.186. The summed E-state index contributed by atoms with van der Waals surface area (Å²) in [5.74, 6) is 0. The van der Waals surface area contributed by atoms with E-state index in [9.17, 15) is 26.3 Å². The number of halogens is 6. The normalized spacial score (nSPS) is 13.6. The van der Waals surface area contributed by atoms with Crippen molar-refractivity contribution in [1.82, 2.24) is 0 Å². The Kier molecular flexibility index (Phi) is 5.77. The van der Waals surface area contributed by atoms with Crippen molar-refractivity contribution in [3.05, 3.63) is 0 Å². The minimum absolute atomic E-state index is 4.24. The number of rotatable bonds is 0. The van der Waals surface area contributed by atoms with E-state index in [0.717, 1.165) is 0 Å². The van der Waals surface area contributed by atoms with Crippen molar-refractivity contribution in [2.45, 2.75) is 18.5 Å². The Morgan fingerprint density at radius 3 is 0.867 bits per heavy atom. The molecular formula is C3H6F6O5Si. The number of aliphatic hydroxyl groups is 1. The summed E-state index contributed by atoms with van der Waals surface area (Å²) in [6.45, 7) is 0. The molecule has 0 bridgehead atoms. The first-order valence-corrected chi connectivity index (χ1v) is 4.65. The fraction of sp³-hybridized carbons (Fsp3) is 1.00. The van der Waals surface area contributed by atoms with Gasteiger partial charge in [0.2, 0.25) is 6.10 Å². The molecule has 0 aromatic carbocycles. The first kappa shape index (κ1) is 17.0. The summed E-state index contributed by atoms with van der Waals surface area (Å²) < 4.78 is 65.9. The lowest BCUT2D eigenvalue weighted by molar-refractivity contribution is -0.308. The van der Waals surface area contributed by atoms with Crippen LogP contribution < -0.4 is 0 Å². The highest BCUT2D eigenvalue weighted by Crippen LogP contribution is 2.32. The molecule has 0 aliphatic heterocycles. The summed E-state index contributed by atoms with van der Waals surface area (Å²) in [5, 5.41) is 7.47. The van der Waals surface area contributed by atoms with E-state index < -0.39 is 27.5 Å². The van der Waals surface area contributed by atoms with Crippen molar-refractivity contribution in [3.8, 4) is 0 Å². The average Bonchev–Trinajstić information content (AvgIpc) is 1.77. The van der Waals surface area contributed by atoms with Crippen LogP contribution in [0.4, 0.5) is 26.3 Å². The molecule has 0 aliphatic rings. The summed E-state index contributed by atoms with van der Waals surface area (Å²) >= 11 is 0. The predicted octanol–water partition coefficient (Wildman–Crippen LogP) is -1.14. The van der Waals surface area contributed by atoms with Gasteiger partial charge in [0.1, 0.15) is 0 Å². The second-order valence-corrected chi connectivity index (χ2v) is 3.29. The molecule has 0 aromatic heterocycles. The van der Waals surface area contributed by atoms with Crippen molar-refractivity contribution in [3.63, 3.8) is 0 Å². The number of aliphatic hydroxyl groups excluding tert-OH is 1. The molecular weight excluding hydrogens is 258 g/mol. The Hall–Kier alpha value is -0.403. The topological polar surface area (TPSA) is 101 Å². The summed E-state index contributed by atoms with van der Waals surface area (Å²) in [6, 6.07) is 0. The van der Waals surface area contributed by atoms with E-state index in [2.05, 4.69) is 0 Å². The van der Waals surface area contributed by atoms with E-state index in [-0.39, 0.29) is 0 Å². The Balaban J connectivity index is 0. The zero-order valence-corrected chi connectivity index (χ0v) is 7.58. The van der Waals surface area contributed by atoms with Crippen LogP contribution in [0.5, 0.6) is 0 Å². The quantitative estimate of drug-likeness (QED) is 0.281. The van der Waals surface area contributed by atoms with Gasteiger partial charge in [-0.1, -0.05) is 0 Å². The monoisotopic (exact) mass is 264 g/mol. The number of hydrogen-bond donors (Lipinski definition) is 5. The van der Waals surface area contributed by atoms with Gasteiger partial charge in [0.05, 0.1) is 0 Å². The molecule has 12 heteroatoms. The van der Waals surface area contributed by atoms with Gasteiger partial charge in [-0.25, -0.2) is 0 Å². The van der Waals surface area contributed by atoms with E-state index >= 15 is 0 Å². The molecule has 0 rings (SSSR count). The molecule has 0 saturated carbocycles. The van der Waals surface area contributed by atoms with Crippen LogP contribution in [0.3, 0.4) is 0 Å². The molecule has 0 aliphatic carbocycles. The fourth-order valence-corrected chi connectivity index (χ4v) is 0.186. The number of alkyl halides is 6. The van der Waals surface area contributed by atoms with Crippen molar-refractivity contribution in [1.29, 1.82) is 0 Å². The molecule has 5 N–H and O–H groups in total. The van der Waals surface area contributed by atoms with E-state index in [1.54, 1.807) is 0 Å². The highest BCUT2D eigenvalue weighted by molar-refractivity contribution is 6.46. The first-order valence-electron chi connectivity index (χ1n) is 2.86. The molecule has 15 heavy (non-hydrogen) atoms. The highest BCUT2D eigenvalue weighted by atomic mass is 28.4. The third-order valence-electron chi connectivity index (χ3n) is 0.620. The third-order valence-corrected chi connectivity index (χ3v) is 0.620. The molecule has 5 nitrogen and oxygen atoms in total. The minimum Gasteiger partial charge on any atom is -0.377 e. The van der Waals surface area contributed by atoms with Gasteiger partial charge in [-0.3, -0.25) is 0 Å². The SMILES string of the molecule is OC(C(F)(F)F)C(F)(F)F.O[Si](O)(O)O. The lowest BCUT2D eigenvalue weighted by atomic mass is 10.3. The van der Waals surface area contributed by atoms with Gasteiger partial charge in [0, 0.05) is 0 Å². The van der Waals surface area contributed by atoms with Gasteiger partial charge in [-0.2, -0.15) is 26.3 Å². The molecule has 0 heterocycles. The summed E-state index contributed by atoms with van der Waals surface area (Å²) in [4.78, 5) is 29.3. The molecule has 0 aromatic rings. The molecule has 0 fully saturated rings. The van der Waals surface area contributed by atoms with Crippen molar-refractivity contribution < 1.29 is 50.6 Å². The van der Waals surface area contributed by atoms with Gasteiger partial charge in [0.25, 0.3) is 0 Å². The molecule has 0 radical (unpaired) electrons. The third kappa shape index (κ3) is 13.6. The zero-order chi connectivity index (χ0) is 13.1. The van der Waals surface area contributed by atoms with Crippen LogP contribution in [0, 0.1) is 0 Å². The van der Waals surface area contributed by atoms with E-state index in [1.165, 1.54) is 0 Å². The van der Waals surface area contributed by atoms with Crippen LogP contribution in [0.1, 0.15) is 0 Å². The van der Waals surface area contributed by atoms with Gasteiger partial charge < -0.3 is 24.3 Å². The lowest BCUT2D eigenvalue weighted by Crippen LogP contribution is -2.41. The standard InChI is InChI=1S/C3H2F6O.H4O4Si/c4-2(5,6)1(10)3(7,8)9;1-5(2,3)4/h1,10H;1-4H. The van der Waals surface area contributed by atoms with Crippen molar-refractivity contribution in [2.24, 2.45) is 0 Å². The zero-order valence-electron chi connectivity index (χ0n) is 6.58. The number of hydrogen-bond acceptors (Lipinski definition) is 5. The maximum atomic E-state index is 11.0. The van der Waals surface area contributed by atoms with Crippen LogP contribution in [0.25, 0.3) is 0 Å². The Bertz CT molecular complexity index is 163.